The van der Waals surface area contributed by atoms with Crippen molar-refractivity contribution in [2.75, 3.05) is 6.54 Å². The van der Waals surface area contributed by atoms with Crippen LogP contribution in [0.3, 0.4) is 0 Å². The summed E-state index contributed by atoms with van der Waals surface area (Å²) in [4.78, 5) is 47.4. The molecule has 0 aromatic carbocycles. The van der Waals surface area contributed by atoms with Crippen LogP contribution in [0.25, 0.3) is 0 Å². The summed E-state index contributed by atoms with van der Waals surface area (Å²) in [5.41, 5.74) is 0.473. The van der Waals surface area contributed by atoms with Crippen LogP contribution in [-0.2, 0) is 14.4 Å². The summed E-state index contributed by atoms with van der Waals surface area (Å²) in [6, 6.07) is 0.867. The normalized spacial score (nSPS) is 27.5. The van der Waals surface area contributed by atoms with Gasteiger partial charge in [-0.2, -0.15) is 12.6 Å². The fourth-order valence-electron chi connectivity index (χ4n) is 4.15. The van der Waals surface area contributed by atoms with Gasteiger partial charge in [0.25, 0.3) is 5.91 Å². The molecule has 132 valence electrons. The van der Waals surface area contributed by atoms with Crippen LogP contribution in [0, 0.1) is 5.92 Å². The zero-order valence-electron chi connectivity index (χ0n) is 13.4. The van der Waals surface area contributed by atoms with Gasteiger partial charge in [0.1, 0.15) is 17.6 Å². The molecule has 26 heavy (non-hydrogen) atoms. The van der Waals surface area contributed by atoms with Gasteiger partial charge in [-0.3, -0.25) is 14.5 Å². The average Bonchev–Trinajstić information content (AvgIpc) is 2.97. The third kappa shape index (κ3) is 2.69. The van der Waals surface area contributed by atoms with Crippen LogP contribution in [0.1, 0.15) is 24.4 Å². The van der Waals surface area contributed by atoms with Crippen LogP contribution >= 0.6 is 12.6 Å². The van der Waals surface area contributed by atoms with Crippen LogP contribution in [0.15, 0.2) is 29.7 Å². The SMILES string of the molecule is CC(=O)N1C[C@H]2CC(C(S)c3ncccn3)=C(C(=O)O)N3C(=O)[C@@H]1[C@@H]23.[NaH]. The number of rotatable bonds is 3. The Labute approximate surface area is 177 Å². The average molecular weight is 384 g/mol. The second-order valence-corrected chi connectivity index (χ2v) is 6.98. The first-order chi connectivity index (χ1) is 11.9. The molecule has 1 unspecified atom stereocenters. The molecule has 0 saturated carbocycles. The van der Waals surface area contributed by atoms with E-state index in [2.05, 4.69) is 22.6 Å². The molecule has 0 bridgehead atoms. The third-order valence-electron chi connectivity index (χ3n) is 5.16. The molecule has 4 rings (SSSR count). The number of carboxylic acids is 1. The third-order valence-corrected chi connectivity index (χ3v) is 5.70. The van der Waals surface area contributed by atoms with Gasteiger partial charge in [0.05, 0.1) is 11.3 Å². The zero-order valence-corrected chi connectivity index (χ0v) is 14.3. The summed E-state index contributed by atoms with van der Waals surface area (Å²) in [6.45, 7) is 1.87. The molecule has 0 spiro atoms. The number of carbonyl (C=O) groups excluding carboxylic acids is 2. The molecule has 4 atom stereocenters. The maximum absolute atomic E-state index is 12.6. The Morgan fingerprint density at radius 3 is 2.58 bits per heavy atom. The molecule has 3 aliphatic rings. The fraction of sp³-hybridized carbons (Fsp3) is 0.438. The molecule has 2 fully saturated rings. The van der Waals surface area contributed by atoms with Gasteiger partial charge in [-0.05, 0) is 18.1 Å². The van der Waals surface area contributed by atoms with E-state index in [4.69, 9.17) is 0 Å². The summed E-state index contributed by atoms with van der Waals surface area (Å²) in [5, 5.41) is 9.09. The van der Waals surface area contributed by atoms with Gasteiger partial charge < -0.3 is 10.0 Å². The predicted molar refractivity (Wildman–Crippen MR) is 95.5 cm³/mol. The Morgan fingerprint density at radius 2 is 2.00 bits per heavy atom. The Balaban J connectivity index is 0.00000196. The number of nitrogens with zero attached hydrogens (tertiary/aromatic N) is 4. The van der Waals surface area contributed by atoms with Crippen LogP contribution in [-0.4, -0.2) is 90.8 Å². The standard InChI is InChI=1S/C16H16N4O4S.Na.H/c1-7(21)19-6-8-5-9(13(25)14-17-3-2-4-18-14)11(16(23)24)20-10(8)12(19)15(20)22;;/h2-4,8,10,12-13,25H,5-6H2,1H3,(H,23,24);;/t8-,10-,12+,13?;;/m1../s1. The zero-order chi connectivity index (χ0) is 17.9. The van der Waals surface area contributed by atoms with Crippen LogP contribution in [0.4, 0.5) is 0 Å². The number of β-lactam (4-membered cyclic amide) rings is 1. The first-order valence-corrected chi connectivity index (χ1v) is 8.45. The van der Waals surface area contributed by atoms with Gasteiger partial charge in [0.15, 0.2) is 0 Å². The van der Waals surface area contributed by atoms with Crippen molar-refractivity contribution in [2.24, 2.45) is 5.92 Å². The summed E-state index contributed by atoms with van der Waals surface area (Å²) >= 11 is 4.53. The first-order valence-electron chi connectivity index (χ1n) is 7.93. The molecule has 4 heterocycles. The van der Waals surface area contributed by atoms with Crippen molar-refractivity contribution < 1.29 is 19.5 Å². The van der Waals surface area contributed by atoms with E-state index in [0.717, 1.165) is 0 Å². The molecular formula is C16H17N4NaO4S. The second kappa shape index (κ2) is 6.95. The summed E-state index contributed by atoms with van der Waals surface area (Å²) in [7, 11) is 0. The Hall–Kier alpha value is -1.42. The van der Waals surface area contributed by atoms with Gasteiger partial charge in [-0.15, -0.1) is 0 Å². The first kappa shape index (κ1) is 19.3. The van der Waals surface area contributed by atoms with Crippen molar-refractivity contribution in [2.45, 2.75) is 30.7 Å². The number of thiol groups is 1. The number of hydrogen-bond acceptors (Lipinski definition) is 6. The van der Waals surface area contributed by atoms with Gasteiger partial charge in [-0.25, -0.2) is 14.8 Å². The predicted octanol–water partition coefficient (Wildman–Crippen LogP) is -0.401. The molecule has 0 aliphatic carbocycles. The van der Waals surface area contributed by atoms with E-state index in [9.17, 15) is 19.5 Å². The summed E-state index contributed by atoms with van der Waals surface area (Å²) < 4.78 is 0. The van der Waals surface area contributed by atoms with E-state index in [1.807, 2.05) is 0 Å². The van der Waals surface area contributed by atoms with Gasteiger partial charge in [-0.1, -0.05) is 0 Å². The number of likely N-dealkylation sites (tertiary alicyclic amines) is 1. The molecule has 2 saturated heterocycles. The molecular weight excluding hydrogens is 367 g/mol. The van der Waals surface area contributed by atoms with Crippen LogP contribution in [0.5, 0.6) is 0 Å². The van der Waals surface area contributed by atoms with Crippen LogP contribution in [0.2, 0.25) is 0 Å². The second-order valence-electron chi connectivity index (χ2n) is 6.47. The molecule has 1 N–H and O–H groups in total. The number of carboxylic acid groups (broad SMARTS) is 1. The summed E-state index contributed by atoms with van der Waals surface area (Å²) in [6.07, 6.45) is 3.58. The minimum atomic E-state index is -1.17. The number of aromatic nitrogens is 2. The fourth-order valence-corrected chi connectivity index (χ4v) is 4.51. The van der Waals surface area contributed by atoms with Crippen molar-refractivity contribution in [3.8, 4) is 0 Å². The van der Waals surface area contributed by atoms with E-state index in [1.165, 1.54) is 11.8 Å². The number of hydrogen-bond donors (Lipinski definition) is 2. The molecule has 1 aromatic rings. The van der Waals surface area contributed by atoms with Gasteiger partial charge in [0, 0.05) is 31.8 Å². The van der Waals surface area contributed by atoms with E-state index in [-0.39, 0.29) is 59.0 Å². The van der Waals surface area contributed by atoms with E-state index < -0.39 is 17.3 Å². The number of carbonyl (C=O) groups is 3. The molecule has 1 aromatic heterocycles. The number of aliphatic carboxylic acids is 1. The monoisotopic (exact) mass is 384 g/mol. The number of amides is 2. The maximum atomic E-state index is 12.6. The van der Waals surface area contributed by atoms with Gasteiger partial charge >= 0.3 is 35.5 Å². The van der Waals surface area contributed by atoms with Crippen molar-refractivity contribution >= 4 is 60.0 Å². The minimum absolute atomic E-state index is 0. The molecule has 10 heteroatoms. The van der Waals surface area contributed by atoms with Crippen LogP contribution < -0.4 is 0 Å². The van der Waals surface area contributed by atoms with Gasteiger partial charge in [0.2, 0.25) is 5.91 Å². The molecule has 3 aliphatic heterocycles. The Kier molecular flexibility index (Phi) is 5.17. The van der Waals surface area contributed by atoms with Crippen molar-refractivity contribution in [3.63, 3.8) is 0 Å². The molecule has 0 radical (unpaired) electrons. The Bertz CT molecular complexity index is 818. The van der Waals surface area contributed by atoms with E-state index in [1.54, 1.807) is 23.4 Å². The van der Waals surface area contributed by atoms with Crippen molar-refractivity contribution in [3.05, 3.63) is 35.6 Å². The summed E-state index contributed by atoms with van der Waals surface area (Å²) in [5.74, 6) is -1.28. The topological polar surface area (TPSA) is 104 Å². The van der Waals surface area contributed by atoms with Crippen molar-refractivity contribution in [1.29, 1.82) is 0 Å². The van der Waals surface area contributed by atoms with E-state index >= 15 is 0 Å². The molecule has 2 amide bonds. The Morgan fingerprint density at radius 1 is 1.35 bits per heavy atom. The van der Waals surface area contributed by atoms with E-state index in [0.29, 0.717) is 24.4 Å². The van der Waals surface area contributed by atoms with Crippen molar-refractivity contribution in [1.82, 2.24) is 19.8 Å². The molecule has 8 nitrogen and oxygen atoms in total. The quantitative estimate of drug-likeness (QED) is 0.418.